The van der Waals surface area contributed by atoms with Crippen LogP contribution in [0.1, 0.15) is 31.3 Å². The SMILES string of the molecule is COC(=O)c1ccccc1-c1ccc(NC(=O)c2ccccn2)c(NC(=O)c2ccccn2)c1. The number of carbonyl (C=O) groups excluding carboxylic acids is 3. The predicted octanol–water partition coefficient (Wildman–Crippen LogP) is 4.43. The molecule has 4 rings (SSSR count). The second-order valence-corrected chi connectivity index (χ2v) is 7.14. The Balaban J connectivity index is 1.74. The first kappa shape index (κ1) is 22.3. The highest BCUT2D eigenvalue weighted by Gasteiger charge is 2.17. The van der Waals surface area contributed by atoms with Crippen molar-refractivity contribution < 1.29 is 19.1 Å². The zero-order valence-corrected chi connectivity index (χ0v) is 18.2. The van der Waals surface area contributed by atoms with Gasteiger partial charge in [-0.3, -0.25) is 19.6 Å². The number of carbonyl (C=O) groups is 3. The first-order valence-corrected chi connectivity index (χ1v) is 10.3. The molecule has 0 saturated carbocycles. The van der Waals surface area contributed by atoms with Crippen molar-refractivity contribution in [3.63, 3.8) is 0 Å². The number of methoxy groups -OCH3 is 1. The number of amides is 2. The van der Waals surface area contributed by atoms with E-state index in [1.54, 1.807) is 78.9 Å². The van der Waals surface area contributed by atoms with Crippen molar-refractivity contribution in [3.05, 3.63) is 108 Å². The smallest absolute Gasteiger partial charge is 0.338 e. The van der Waals surface area contributed by atoms with E-state index < -0.39 is 17.8 Å². The number of aromatic nitrogens is 2. The Morgan fingerprint density at radius 2 is 1.29 bits per heavy atom. The van der Waals surface area contributed by atoms with Crippen LogP contribution in [0.2, 0.25) is 0 Å². The Bertz CT molecular complexity index is 1340. The summed E-state index contributed by atoms with van der Waals surface area (Å²) in [4.78, 5) is 45.9. The van der Waals surface area contributed by atoms with Gasteiger partial charge in [0.2, 0.25) is 0 Å². The molecule has 2 amide bonds. The maximum Gasteiger partial charge on any atom is 0.338 e. The third-order valence-corrected chi connectivity index (χ3v) is 4.95. The van der Waals surface area contributed by atoms with Crippen LogP contribution in [0.5, 0.6) is 0 Å². The number of ether oxygens (including phenoxy) is 1. The minimum atomic E-state index is -0.484. The van der Waals surface area contributed by atoms with Crippen LogP contribution in [0.4, 0.5) is 11.4 Å². The van der Waals surface area contributed by atoms with Crippen molar-refractivity contribution in [2.45, 2.75) is 0 Å². The Labute approximate surface area is 195 Å². The molecule has 168 valence electrons. The number of pyridine rings is 2. The van der Waals surface area contributed by atoms with Gasteiger partial charge >= 0.3 is 5.97 Å². The van der Waals surface area contributed by atoms with Crippen molar-refractivity contribution in [1.29, 1.82) is 0 Å². The molecule has 2 aromatic heterocycles. The van der Waals surface area contributed by atoms with Crippen LogP contribution >= 0.6 is 0 Å². The third-order valence-electron chi connectivity index (χ3n) is 4.95. The molecule has 0 atom stereocenters. The average molecular weight is 452 g/mol. The van der Waals surface area contributed by atoms with Crippen LogP contribution in [0.3, 0.4) is 0 Å². The zero-order chi connectivity index (χ0) is 23.9. The molecule has 0 spiro atoms. The Hall–Kier alpha value is -4.85. The number of benzene rings is 2. The summed E-state index contributed by atoms with van der Waals surface area (Å²) in [5.41, 5.74) is 2.77. The molecule has 34 heavy (non-hydrogen) atoms. The number of rotatable bonds is 6. The van der Waals surface area contributed by atoms with Crippen molar-refractivity contribution >= 4 is 29.2 Å². The second kappa shape index (κ2) is 10.2. The highest BCUT2D eigenvalue weighted by Crippen LogP contribution is 2.32. The van der Waals surface area contributed by atoms with E-state index >= 15 is 0 Å². The summed E-state index contributed by atoms with van der Waals surface area (Å²) in [6, 6.07) is 22.0. The van der Waals surface area contributed by atoms with Gasteiger partial charge in [0.15, 0.2) is 0 Å². The van der Waals surface area contributed by atoms with Crippen LogP contribution in [-0.2, 0) is 4.74 Å². The molecule has 0 unspecified atom stereocenters. The Morgan fingerprint density at radius 3 is 1.88 bits per heavy atom. The average Bonchev–Trinajstić information content (AvgIpc) is 2.90. The van der Waals surface area contributed by atoms with Gasteiger partial charge in [-0.2, -0.15) is 0 Å². The summed E-state index contributed by atoms with van der Waals surface area (Å²) in [5, 5.41) is 5.59. The molecule has 0 bridgehead atoms. The molecule has 8 nitrogen and oxygen atoms in total. The molecule has 4 aromatic rings. The first-order chi connectivity index (χ1) is 16.6. The number of anilines is 2. The van der Waals surface area contributed by atoms with Crippen LogP contribution in [-0.4, -0.2) is 34.9 Å². The van der Waals surface area contributed by atoms with Gasteiger partial charge in [-0.15, -0.1) is 0 Å². The lowest BCUT2D eigenvalue weighted by atomic mass is 9.98. The Morgan fingerprint density at radius 1 is 0.706 bits per heavy atom. The van der Waals surface area contributed by atoms with E-state index in [0.717, 1.165) is 0 Å². The Kier molecular flexibility index (Phi) is 6.69. The van der Waals surface area contributed by atoms with E-state index in [9.17, 15) is 14.4 Å². The number of nitrogens with one attached hydrogen (secondary N) is 2. The van der Waals surface area contributed by atoms with Crippen molar-refractivity contribution in [1.82, 2.24) is 9.97 Å². The predicted molar refractivity (Wildman–Crippen MR) is 128 cm³/mol. The van der Waals surface area contributed by atoms with E-state index in [0.29, 0.717) is 28.1 Å². The van der Waals surface area contributed by atoms with Crippen LogP contribution in [0, 0.1) is 0 Å². The highest BCUT2D eigenvalue weighted by atomic mass is 16.5. The van der Waals surface area contributed by atoms with Gasteiger partial charge in [0.05, 0.1) is 24.0 Å². The molecule has 0 aliphatic heterocycles. The summed E-state index contributed by atoms with van der Waals surface area (Å²) in [5.74, 6) is -1.37. The molecular formula is C26H20N4O4. The summed E-state index contributed by atoms with van der Waals surface area (Å²) >= 11 is 0. The first-order valence-electron chi connectivity index (χ1n) is 10.3. The molecule has 2 aromatic carbocycles. The maximum atomic E-state index is 12.8. The fourth-order valence-electron chi connectivity index (χ4n) is 3.31. The van der Waals surface area contributed by atoms with Gasteiger partial charge in [-0.1, -0.05) is 36.4 Å². The molecule has 0 radical (unpaired) electrons. The minimum Gasteiger partial charge on any atom is -0.465 e. The summed E-state index contributed by atoms with van der Waals surface area (Å²) in [6.07, 6.45) is 3.03. The number of esters is 1. The normalized spacial score (nSPS) is 10.3. The minimum absolute atomic E-state index is 0.213. The molecule has 0 fully saturated rings. The monoisotopic (exact) mass is 452 g/mol. The van der Waals surface area contributed by atoms with Gasteiger partial charge in [0.25, 0.3) is 11.8 Å². The number of nitrogens with zero attached hydrogens (tertiary/aromatic N) is 2. The lowest BCUT2D eigenvalue weighted by molar-refractivity contribution is 0.0601. The van der Waals surface area contributed by atoms with Crippen LogP contribution in [0.25, 0.3) is 11.1 Å². The van der Waals surface area contributed by atoms with Gasteiger partial charge in [-0.25, -0.2) is 4.79 Å². The van der Waals surface area contributed by atoms with E-state index in [1.165, 1.54) is 19.5 Å². The van der Waals surface area contributed by atoms with Crippen molar-refractivity contribution in [3.8, 4) is 11.1 Å². The van der Waals surface area contributed by atoms with E-state index in [2.05, 4.69) is 20.6 Å². The van der Waals surface area contributed by atoms with E-state index in [1.807, 2.05) is 0 Å². The van der Waals surface area contributed by atoms with Crippen LogP contribution in [0.15, 0.2) is 91.3 Å². The van der Waals surface area contributed by atoms with Gasteiger partial charge in [0.1, 0.15) is 11.4 Å². The third kappa shape index (κ3) is 4.97. The van der Waals surface area contributed by atoms with Crippen molar-refractivity contribution in [2.24, 2.45) is 0 Å². The van der Waals surface area contributed by atoms with Gasteiger partial charge in [-0.05, 0) is 53.6 Å². The topological polar surface area (TPSA) is 110 Å². The fraction of sp³-hybridized carbons (Fsp3) is 0.0385. The summed E-state index contributed by atoms with van der Waals surface area (Å²) in [7, 11) is 1.31. The molecule has 0 saturated heterocycles. The molecule has 0 aliphatic carbocycles. The lowest BCUT2D eigenvalue weighted by Crippen LogP contribution is -2.18. The maximum absolute atomic E-state index is 12.8. The molecular weight excluding hydrogens is 432 g/mol. The molecule has 8 heteroatoms. The fourth-order valence-corrected chi connectivity index (χ4v) is 3.31. The number of hydrogen-bond acceptors (Lipinski definition) is 6. The zero-order valence-electron chi connectivity index (χ0n) is 18.2. The van der Waals surface area contributed by atoms with E-state index in [-0.39, 0.29) is 11.4 Å². The number of hydrogen-bond donors (Lipinski definition) is 2. The second-order valence-electron chi connectivity index (χ2n) is 7.14. The van der Waals surface area contributed by atoms with Crippen molar-refractivity contribution in [2.75, 3.05) is 17.7 Å². The lowest BCUT2D eigenvalue weighted by Gasteiger charge is -2.15. The molecule has 2 N–H and O–H groups in total. The largest absolute Gasteiger partial charge is 0.465 e. The molecule has 0 aliphatic rings. The van der Waals surface area contributed by atoms with Gasteiger partial charge < -0.3 is 15.4 Å². The summed E-state index contributed by atoms with van der Waals surface area (Å²) < 4.78 is 4.90. The quantitative estimate of drug-likeness (QED) is 0.419. The standard InChI is InChI=1S/C26H20N4O4/c1-34-26(33)19-9-3-2-8-18(19)17-12-13-20(29-24(31)21-10-4-6-14-27-21)23(16-17)30-25(32)22-11-5-7-15-28-22/h2-16H,1H3,(H,29,31)(H,30,32). The highest BCUT2D eigenvalue weighted by molar-refractivity contribution is 6.09. The van der Waals surface area contributed by atoms with Gasteiger partial charge in [0, 0.05) is 12.4 Å². The van der Waals surface area contributed by atoms with E-state index in [4.69, 9.17) is 4.74 Å². The van der Waals surface area contributed by atoms with Crippen LogP contribution < -0.4 is 10.6 Å². The molecule has 2 heterocycles. The summed E-state index contributed by atoms with van der Waals surface area (Å²) in [6.45, 7) is 0.